The molecule has 1 aromatic carbocycles. The smallest absolute Gasteiger partial charge is 0.237 e. The molecule has 2 rings (SSSR count). The lowest BCUT2D eigenvalue weighted by molar-refractivity contribution is -0.122. The highest BCUT2D eigenvalue weighted by Crippen LogP contribution is 2.18. The van der Waals surface area contributed by atoms with Gasteiger partial charge in [0.1, 0.15) is 0 Å². The van der Waals surface area contributed by atoms with Crippen molar-refractivity contribution in [1.29, 1.82) is 0 Å². The molecule has 0 radical (unpaired) electrons. The molecular formula is C17H21N3O. The van der Waals surface area contributed by atoms with Crippen molar-refractivity contribution in [2.45, 2.75) is 31.7 Å². The zero-order chi connectivity index (χ0) is 15.1. The number of aromatic amines is 1. The molecule has 0 spiro atoms. The number of nitrogens with two attached hydrogens (primary N) is 1. The van der Waals surface area contributed by atoms with Gasteiger partial charge in [-0.3, -0.25) is 4.79 Å². The van der Waals surface area contributed by atoms with Crippen LogP contribution in [0.3, 0.4) is 0 Å². The van der Waals surface area contributed by atoms with Gasteiger partial charge in [0.05, 0.1) is 6.04 Å². The van der Waals surface area contributed by atoms with E-state index in [-0.39, 0.29) is 5.91 Å². The van der Waals surface area contributed by atoms with Crippen molar-refractivity contribution in [2.75, 3.05) is 6.54 Å². The monoisotopic (exact) mass is 283 g/mol. The van der Waals surface area contributed by atoms with E-state index in [0.717, 1.165) is 35.7 Å². The summed E-state index contributed by atoms with van der Waals surface area (Å²) >= 11 is 0. The first-order chi connectivity index (χ1) is 10.2. The second kappa shape index (κ2) is 7.51. The largest absolute Gasteiger partial charge is 0.361 e. The molecule has 0 bridgehead atoms. The van der Waals surface area contributed by atoms with E-state index in [1.54, 1.807) is 0 Å². The highest BCUT2D eigenvalue weighted by atomic mass is 16.2. The van der Waals surface area contributed by atoms with E-state index in [4.69, 9.17) is 12.2 Å². The maximum absolute atomic E-state index is 12.0. The SMILES string of the molecule is C#CCCCCNC(=O)[C@H](N)Cc1c[nH]c2ccccc12. The Morgan fingerprint density at radius 3 is 3.00 bits per heavy atom. The van der Waals surface area contributed by atoms with Crippen molar-refractivity contribution < 1.29 is 4.79 Å². The van der Waals surface area contributed by atoms with Crippen LogP contribution >= 0.6 is 0 Å². The summed E-state index contributed by atoms with van der Waals surface area (Å²) in [7, 11) is 0. The number of fused-ring (bicyclic) bond motifs is 1. The molecule has 2 aromatic rings. The lowest BCUT2D eigenvalue weighted by Gasteiger charge is -2.11. The summed E-state index contributed by atoms with van der Waals surface area (Å²) < 4.78 is 0. The summed E-state index contributed by atoms with van der Waals surface area (Å²) in [4.78, 5) is 15.1. The fourth-order valence-electron chi connectivity index (χ4n) is 2.32. The van der Waals surface area contributed by atoms with Gasteiger partial charge in [-0.2, -0.15) is 0 Å². The minimum absolute atomic E-state index is 0.110. The first-order valence-corrected chi connectivity index (χ1v) is 7.24. The Morgan fingerprint density at radius 1 is 1.38 bits per heavy atom. The van der Waals surface area contributed by atoms with Crippen molar-refractivity contribution in [3.05, 3.63) is 36.0 Å². The highest BCUT2D eigenvalue weighted by Gasteiger charge is 2.15. The number of hydrogen-bond donors (Lipinski definition) is 3. The Morgan fingerprint density at radius 2 is 2.19 bits per heavy atom. The number of aromatic nitrogens is 1. The Kier molecular flexibility index (Phi) is 5.42. The summed E-state index contributed by atoms with van der Waals surface area (Å²) in [6, 6.07) is 7.47. The molecule has 1 amide bonds. The predicted molar refractivity (Wildman–Crippen MR) is 85.7 cm³/mol. The second-order valence-corrected chi connectivity index (χ2v) is 5.12. The number of benzene rings is 1. The van der Waals surface area contributed by atoms with Crippen LogP contribution in [0.5, 0.6) is 0 Å². The molecule has 4 N–H and O–H groups in total. The lowest BCUT2D eigenvalue weighted by Crippen LogP contribution is -2.42. The third kappa shape index (κ3) is 4.11. The van der Waals surface area contributed by atoms with E-state index >= 15 is 0 Å². The van der Waals surface area contributed by atoms with Crippen LogP contribution < -0.4 is 11.1 Å². The highest BCUT2D eigenvalue weighted by molar-refractivity contribution is 5.86. The Hall–Kier alpha value is -2.25. The van der Waals surface area contributed by atoms with Gasteiger partial charge in [0.25, 0.3) is 0 Å². The van der Waals surface area contributed by atoms with E-state index in [0.29, 0.717) is 13.0 Å². The van der Waals surface area contributed by atoms with Gasteiger partial charge >= 0.3 is 0 Å². The lowest BCUT2D eigenvalue weighted by atomic mass is 10.1. The maximum Gasteiger partial charge on any atom is 0.237 e. The maximum atomic E-state index is 12.0. The number of nitrogens with one attached hydrogen (secondary N) is 2. The molecule has 21 heavy (non-hydrogen) atoms. The van der Waals surface area contributed by atoms with Crippen LogP contribution in [0.25, 0.3) is 10.9 Å². The van der Waals surface area contributed by atoms with Crippen LogP contribution in [0.4, 0.5) is 0 Å². The number of carbonyl (C=O) groups excluding carboxylic acids is 1. The molecule has 1 heterocycles. The number of H-pyrrole nitrogens is 1. The molecule has 0 saturated carbocycles. The van der Waals surface area contributed by atoms with Gasteiger partial charge in [0, 0.05) is 30.1 Å². The molecule has 0 aliphatic rings. The third-order valence-corrected chi connectivity index (χ3v) is 3.50. The minimum Gasteiger partial charge on any atom is -0.361 e. The zero-order valence-electron chi connectivity index (χ0n) is 12.1. The first-order valence-electron chi connectivity index (χ1n) is 7.24. The first kappa shape index (κ1) is 15.1. The predicted octanol–water partition coefficient (Wildman–Crippen LogP) is 1.96. The molecule has 4 heteroatoms. The Balaban J connectivity index is 1.85. The van der Waals surface area contributed by atoms with Gasteiger partial charge in [0.15, 0.2) is 0 Å². The molecule has 1 atom stereocenters. The second-order valence-electron chi connectivity index (χ2n) is 5.12. The van der Waals surface area contributed by atoms with Gasteiger partial charge in [0.2, 0.25) is 5.91 Å². The summed E-state index contributed by atoms with van der Waals surface area (Å²) in [5.41, 5.74) is 8.12. The van der Waals surface area contributed by atoms with Crippen LogP contribution in [0.15, 0.2) is 30.5 Å². The van der Waals surface area contributed by atoms with Crippen LogP contribution in [0.1, 0.15) is 24.8 Å². The van der Waals surface area contributed by atoms with Crippen molar-refractivity contribution in [3.63, 3.8) is 0 Å². The summed E-state index contributed by atoms with van der Waals surface area (Å²) in [5.74, 6) is 2.47. The molecule has 110 valence electrons. The molecule has 0 fully saturated rings. The quantitative estimate of drug-likeness (QED) is 0.537. The van der Waals surface area contributed by atoms with Crippen molar-refractivity contribution >= 4 is 16.8 Å². The standard InChI is InChI=1S/C17H21N3O/c1-2-3-4-7-10-19-17(21)15(18)11-13-12-20-16-9-6-5-8-14(13)16/h1,5-6,8-9,12,15,20H,3-4,7,10-11,18H2,(H,19,21)/t15-/m1/s1. The average molecular weight is 283 g/mol. The van der Waals surface area contributed by atoms with Gasteiger partial charge in [-0.1, -0.05) is 18.2 Å². The van der Waals surface area contributed by atoms with E-state index in [1.165, 1.54) is 0 Å². The molecule has 0 aliphatic heterocycles. The number of amides is 1. The number of terminal acetylenes is 1. The molecule has 1 aromatic heterocycles. The van der Waals surface area contributed by atoms with Crippen molar-refractivity contribution in [2.24, 2.45) is 5.73 Å². The van der Waals surface area contributed by atoms with E-state index in [1.807, 2.05) is 30.5 Å². The van der Waals surface area contributed by atoms with E-state index in [9.17, 15) is 4.79 Å². The zero-order valence-corrected chi connectivity index (χ0v) is 12.1. The topological polar surface area (TPSA) is 70.9 Å². The number of unbranched alkanes of at least 4 members (excludes halogenated alkanes) is 2. The van der Waals surface area contributed by atoms with E-state index < -0.39 is 6.04 Å². The average Bonchev–Trinajstić information content (AvgIpc) is 2.90. The fourth-order valence-corrected chi connectivity index (χ4v) is 2.32. The molecule has 0 saturated heterocycles. The molecular weight excluding hydrogens is 262 g/mol. The van der Waals surface area contributed by atoms with Gasteiger partial charge in [-0.25, -0.2) is 0 Å². The van der Waals surface area contributed by atoms with Crippen LogP contribution in [-0.4, -0.2) is 23.5 Å². The third-order valence-electron chi connectivity index (χ3n) is 3.50. The molecule has 0 unspecified atom stereocenters. The van der Waals surface area contributed by atoms with Gasteiger partial charge < -0.3 is 16.0 Å². The minimum atomic E-state index is -0.531. The summed E-state index contributed by atoms with van der Waals surface area (Å²) in [6.07, 6.45) is 10.2. The Bertz CT molecular complexity index is 639. The van der Waals surface area contributed by atoms with Gasteiger partial charge in [-0.05, 0) is 30.9 Å². The number of rotatable bonds is 7. The normalized spacial score (nSPS) is 12.0. The molecule has 0 aliphatic carbocycles. The summed E-state index contributed by atoms with van der Waals surface area (Å²) in [5, 5.41) is 3.98. The Labute approximate surface area is 125 Å². The summed E-state index contributed by atoms with van der Waals surface area (Å²) in [6.45, 7) is 0.627. The van der Waals surface area contributed by atoms with Crippen molar-refractivity contribution in [1.82, 2.24) is 10.3 Å². The van der Waals surface area contributed by atoms with Crippen molar-refractivity contribution in [3.8, 4) is 12.3 Å². The number of hydrogen-bond acceptors (Lipinski definition) is 2. The number of carbonyl (C=O) groups is 1. The van der Waals surface area contributed by atoms with Crippen LogP contribution in [0, 0.1) is 12.3 Å². The van der Waals surface area contributed by atoms with Gasteiger partial charge in [-0.15, -0.1) is 12.3 Å². The van der Waals surface area contributed by atoms with Crippen LogP contribution in [0.2, 0.25) is 0 Å². The van der Waals surface area contributed by atoms with Crippen LogP contribution in [-0.2, 0) is 11.2 Å². The fraction of sp³-hybridized carbons (Fsp3) is 0.353. The number of para-hydroxylation sites is 1. The molecule has 4 nitrogen and oxygen atoms in total. The van der Waals surface area contributed by atoms with E-state index in [2.05, 4.69) is 16.2 Å².